The number of aryl methyl sites for hydroxylation is 1. The first-order valence-electron chi connectivity index (χ1n) is 5.33. The van der Waals surface area contributed by atoms with Crippen molar-refractivity contribution in [1.29, 1.82) is 0 Å². The second-order valence-corrected chi connectivity index (χ2v) is 3.91. The fourth-order valence-electron chi connectivity index (χ4n) is 1.92. The van der Waals surface area contributed by atoms with Crippen LogP contribution in [0.15, 0.2) is 18.2 Å². The maximum Gasteiger partial charge on any atom is 0.227 e. The number of nitrogens with zero attached hydrogens (tertiary/aromatic N) is 1. The van der Waals surface area contributed by atoms with E-state index in [-0.39, 0.29) is 5.91 Å². The number of carbonyl (C=O) groups is 2. The molecule has 0 saturated carbocycles. The summed E-state index contributed by atoms with van der Waals surface area (Å²) in [7, 11) is 0. The molecule has 16 heavy (non-hydrogen) atoms. The van der Waals surface area contributed by atoms with Gasteiger partial charge in [0.1, 0.15) is 0 Å². The number of hydrogen-bond donors (Lipinski definition) is 1. The molecule has 0 unspecified atom stereocenters. The molecule has 1 fully saturated rings. The third-order valence-electron chi connectivity index (χ3n) is 2.82. The maximum atomic E-state index is 11.6. The van der Waals surface area contributed by atoms with Crippen LogP contribution in [0.4, 0.5) is 11.4 Å². The lowest BCUT2D eigenvalue weighted by molar-refractivity contribution is -0.117. The lowest BCUT2D eigenvalue weighted by Crippen LogP contribution is -2.23. The minimum Gasteiger partial charge on any atom is -0.328 e. The lowest BCUT2D eigenvalue weighted by atomic mass is 10.1. The summed E-state index contributed by atoms with van der Waals surface area (Å²) in [5.74, 6) is 0.154. The summed E-state index contributed by atoms with van der Waals surface area (Å²) in [6.07, 6.45) is 2.17. The Balaban J connectivity index is 2.31. The molecule has 0 spiro atoms. The molecule has 0 atom stereocenters. The summed E-state index contributed by atoms with van der Waals surface area (Å²) in [6, 6.07) is 5.66. The fourth-order valence-corrected chi connectivity index (χ4v) is 1.92. The topological polar surface area (TPSA) is 49.4 Å². The van der Waals surface area contributed by atoms with Crippen LogP contribution in [0.25, 0.3) is 0 Å². The zero-order valence-electron chi connectivity index (χ0n) is 9.19. The summed E-state index contributed by atoms with van der Waals surface area (Å²) < 4.78 is 0. The molecule has 1 heterocycles. The van der Waals surface area contributed by atoms with Gasteiger partial charge in [-0.25, -0.2) is 0 Å². The molecule has 1 N–H and O–H groups in total. The third kappa shape index (κ3) is 1.91. The summed E-state index contributed by atoms with van der Waals surface area (Å²) in [5, 5.41) is 2.64. The molecule has 2 amide bonds. The number of benzene rings is 1. The van der Waals surface area contributed by atoms with Crippen molar-refractivity contribution in [3.63, 3.8) is 0 Å². The van der Waals surface area contributed by atoms with E-state index in [4.69, 9.17) is 0 Å². The molecule has 1 aliphatic heterocycles. The average Bonchev–Trinajstić information content (AvgIpc) is 2.68. The van der Waals surface area contributed by atoms with Crippen LogP contribution < -0.4 is 10.2 Å². The van der Waals surface area contributed by atoms with Gasteiger partial charge < -0.3 is 10.2 Å². The van der Waals surface area contributed by atoms with Crippen molar-refractivity contribution < 1.29 is 9.59 Å². The minimum absolute atomic E-state index is 0.154. The van der Waals surface area contributed by atoms with Crippen LogP contribution in [0.3, 0.4) is 0 Å². The van der Waals surface area contributed by atoms with Gasteiger partial charge >= 0.3 is 0 Å². The number of rotatable bonds is 3. The number of nitrogens with one attached hydrogen (secondary N) is 1. The molecule has 0 aliphatic carbocycles. The first-order valence-corrected chi connectivity index (χ1v) is 5.33. The Morgan fingerprint density at radius 2 is 2.25 bits per heavy atom. The molecule has 1 aromatic carbocycles. The molecule has 1 saturated heterocycles. The smallest absolute Gasteiger partial charge is 0.227 e. The quantitative estimate of drug-likeness (QED) is 0.785. The zero-order valence-corrected chi connectivity index (χ0v) is 9.19. The lowest BCUT2D eigenvalue weighted by Gasteiger charge is -2.17. The molecule has 84 valence electrons. The molecule has 1 aromatic rings. The number of anilines is 2. The van der Waals surface area contributed by atoms with Crippen LogP contribution in [0, 0.1) is 6.92 Å². The highest BCUT2D eigenvalue weighted by molar-refractivity contribution is 5.96. The van der Waals surface area contributed by atoms with Crippen molar-refractivity contribution in [1.82, 2.24) is 0 Å². The largest absolute Gasteiger partial charge is 0.328 e. The van der Waals surface area contributed by atoms with Crippen molar-refractivity contribution in [3.8, 4) is 0 Å². The predicted octanol–water partition coefficient (Wildman–Crippen LogP) is 1.69. The first-order chi connectivity index (χ1) is 7.72. The van der Waals surface area contributed by atoms with Gasteiger partial charge in [-0.1, -0.05) is 6.07 Å². The Morgan fingerprint density at radius 1 is 1.44 bits per heavy atom. The van der Waals surface area contributed by atoms with Crippen LogP contribution >= 0.6 is 0 Å². The van der Waals surface area contributed by atoms with Gasteiger partial charge in [0.05, 0.1) is 0 Å². The van der Waals surface area contributed by atoms with E-state index in [1.165, 1.54) is 0 Å². The molecule has 0 bridgehead atoms. The van der Waals surface area contributed by atoms with Crippen molar-refractivity contribution in [2.45, 2.75) is 19.8 Å². The van der Waals surface area contributed by atoms with E-state index >= 15 is 0 Å². The number of carbonyl (C=O) groups excluding carboxylic acids is 2. The fraction of sp³-hybridized carbons (Fsp3) is 0.333. The molecule has 1 aliphatic rings. The van der Waals surface area contributed by atoms with Gasteiger partial charge in [0, 0.05) is 24.3 Å². The normalized spacial score (nSPS) is 15.3. The Labute approximate surface area is 94.2 Å². The van der Waals surface area contributed by atoms with E-state index in [0.29, 0.717) is 12.8 Å². The van der Waals surface area contributed by atoms with Gasteiger partial charge in [-0.15, -0.1) is 0 Å². The Kier molecular flexibility index (Phi) is 2.90. The van der Waals surface area contributed by atoms with Gasteiger partial charge in [-0.3, -0.25) is 9.59 Å². The molecule has 4 nitrogen and oxygen atoms in total. The monoisotopic (exact) mass is 218 g/mol. The third-order valence-corrected chi connectivity index (χ3v) is 2.82. The predicted molar refractivity (Wildman–Crippen MR) is 62.5 cm³/mol. The van der Waals surface area contributed by atoms with Gasteiger partial charge in [0.25, 0.3) is 0 Å². The van der Waals surface area contributed by atoms with Crippen molar-refractivity contribution in [2.24, 2.45) is 0 Å². The highest BCUT2D eigenvalue weighted by Crippen LogP contribution is 2.26. The highest BCUT2D eigenvalue weighted by Gasteiger charge is 2.21. The highest BCUT2D eigenvalue weighted by atomic mass is 16.2. The Bertz CT molecular complexity index is 429. The molecular weight excluding hydrogens is 204 g/mol. The zero-order chi connectivity index (χ0) is 11.5. The van der Waals surface area contributed by atoms with Crippen LogP contribution in [-0.4, -0.2) is 18.9 Å². The van der Waals surface area contributed by atoms with Gasteiger partial charge in [-0.05, 0) is 31.0 Å². The summed E-state index contributed by atoms with van der Waals surface area (Å²) in [4.78, 5) is 23.8. The van der Waals surface area contributed by atoms with E-state index in [9.17, 15) is 9.59 Å². The van der Waals surface area contributed by atoms with Gasteiger partial charge in [0.15, 0.2) is 0 Å². The summed E-state index contributed by atoms with van der Waals surface area (Å²) in [5.41, 5.74) is 2.60. The van der Waals surface area contributed by atoms with Crippen LogP contribution in [-0.2, 0) is 9.59 Å². The Morgan fingerprint density at radius 3 is 2.88 bits per heavy atom. The summed E-state index contributed by atoms with van der Waals surface area (Å²) >= 11 is 0. The van der Waals surface area contributed by atoms with Crippen molar-refractivity contribution >= 4 is 23.7 Å². The van der Waals surface area contributed by atoms with Gasteiger partial charge in [-0.2, -0.15) is 0 Å². The molecule has 4 heteroatoms. The number of amides is 2. The van der Waals surface area contributed by atoms with Crippen molar-refractivity contribution in [3.05, 3.63) is 23.8 Å². The maximum absolute atomic E-state index is 11.6. The Hall–Kier alpha value is -1.84. The van der Waals surface area contributed by atoms with E-state index in [0.717, 1.165) is 29.9 Å². The minimum atomic E-state index is 0.154. The van der Waals surface area contributed by atoms with E-state index in [1.54, 1.807) is 4.90 Å². The SMILES string of the molecule is Cc1ccc(N2CCCC2=O)cc1NC=O. The van der Waals surface area contributed by atoms with Crippen LogP contribution in [0.2, 0.25) is 0 Å². The molecule has 0 radical (unpaired) electrons. The van der Waals surface area contributed by atoms with Crippen LogP contribution in [0.1, 0.15) is 18.4 Å². The molecule has 2 rings (SSSR count). The average molecular weight is 218 g/mol. The standard InChI is InChI=1S/C12H14N2O2/c1-9-4-5-10(7-11(9)13-8-15)14-6-2-3-12(14)16/h4-5,7-8H,2-3,6H2,1H3,(H,13,15). The number of hydrogen-bond acceptors (Lipinski definition) is 2. The van der Waals surface area contributed by atoms with E-state index < -0.39 is 0 Å². The first kappa shape index (κ1) is 10.7. The van der Waals surface area contributed by atoms with Crippen molar-refractivity contribution in [2.75, 3.05) is 16.8 Å². The van der Waals surface area contributed by atoms with Gasteiger partial charge in [0.2, 0.25) is 12.3 Å². The second-order valence-electron chi connectivity index (χ2n) is 3.91. The molecule has 0 aromatic heterocycles. The molecular formula is C12H14N2O2. The second kappa shape index (κ2) is 4.35. The van der Waals surface area contributed by atoms with E-state index in [2.05, 4.69) is 5.32 Å². The van der Waals surface area contributed by atoms with E-state index in [1.807, 2.05) is 25.1 Å². The summed E-state index contributed by atoms with van der Waals surface area (Å²) in [6.45, 7) is 2.68. The van der Waals surface area contributed by atoms with Crippen LogP contribution in [0.5, 0.6) is 0 Å².